The molecule has 6 aromatic rings. The Balaban J connectivity index is 1.24. The first-order valence-corrected chi connectivity index (χ1v) is 19.8. The smallest absolute Gasteiger partial charge is 0.141 e. The molecule has 0 amide bonds. The van der Waals surface area contributed by atoms with Crippen LogP contribution in [0, 0.1) is 0 Å². The number of fused-ring (bicyclic) bond motifs is 5. The summed E-state index contributed by atoms with van der Waals surface area (Å²) in [6.07, 6.45) is 14.3. The van der Waals surface area contributed by atoms with Crippen LogP contribution in [-0.2, 0) is 5.41 Å². The lowest BCUT2D eigenvalue weighted by atomic mass is 9.60. The Labute approximate surface area is 340 Å². The molecular formula is C55H40N2O. The SMILES string of the molecule is C=CC1=C(C=C)C2(C3=C(C=C=C=C3)Oc3ccccc32)c2cc(N(C3=CC=C(c4ccccc4)CC3)c3ccc(-c4ccccc4)cc3)ccc2N1c1ccccc1. The van der Waals surface area contributed by atoms with Crippen LogP contribution in [0.25, 0.3) is 16.7 Å². The molecule has 3 heteroatoms. The number of anilines is 4. The zero-order valence-electron chi connectivity index (χ0n) is 32.1. The second-order valence-corrected chi connectivity index (χ2v) is 14.7. The summed E-state index contributed by atoms with van der Waals surface area (Å²) >= 11 is 0. The molecule has 1 spiro atoms. The second-order valence-electron chi connectivity index (χ2n) is 14.7. The summed E-state index contributed by atoms with van der Waals surface area (Å²) in [5, 5.41) is 0. The van der Waals surface area contributed by atoms with Crippen molar-refractivity contribution in [2.45, 2.75) is 18.3 Å². The molecule has 0 saturated carbocycles. The molecule has 10 rings (SSSR count). The van der Waals surface area contributed by atoms with E-state index in [1.165, 1.54) is 28.0 Å². The van der Waals surface area contributed by atoms with Gasteiger partial charge in [0.1, 0.15) is 11.5 Å². The largest absolute Gasteiger partial charge is 0.456 e. The fraction of sp³-hybridized carbons (Fsp3) is 0.0545. The van der Waals surface area contributed by atoms with Gasteiger partial charge in [0.25, 0.3) is 0 Å². The van der Waals surface area contributed by atoms with Crippen LogP contribution in [0.5, 0.6) is 5.75 Å². The van der Waals surface area contributed by atoms with E-state index in [4.69, 9.17) is 4.74 Å². The molecule has 0 fully saturated rings. The maximum atomic E-state index is 6.66. The van der Waals surface area contributed by atoms with Crippen molar-refractivity contribution < 1.29 is 4.74 Å². The highest BCUT2D eigenvalue weighted by Gasteiger charge is 2.52. The van der Waals surface area contributed by atoms with E-state index in [1.807, 2.05) is 30.4 Å². The molecule has 0 saturated heterocycles. The van der Waals surface area contributed by atoms with Crippen molar-refractivity contribution in [2.24, 2.45) is 0 Å². The Bertz CT molecular complexity index is 2840. The molecule has 6 aromatic carbocycles. The average Bonchev–Trinajstić information content (AvgIpc) is 3.30. The van der Waals surface area contributed by atoms with Gasteiger partial charge in [-0.25, -0.2) is 0 Å². The van der Waals surface area contributed by atoms with Crippen molar-refractivity contribution in [1.82, 2.24) is 0 Å². The van der Waals surface area contributed by atoms with Gasteiger partial charge in [0, 0.05) is 40.0 Å². The lowest BCUT2D eigenvalue weighted by Gasteiger charge is -2.49. The maximum Gasteiger partial charge on any atom is 0.141 e. The van der Waals surface area contributed by atoms with Crippen molar-refractivity contribution in [3.63, 3.8) is 0 Å². The third-order valence-electron chi connectivity index (χ3n) is 11.7. The van der Waals surface area contributed by atoms with E-state index in [0.29, 0.717) is 0 Å². The van der Waals surface area contributed by atoms with Crippen LogP contribution in [0.1, 0.15) is 29.5 Å². The molecule has 0 radical (unpaired) electrons. The van der Waals surface area contributed by atoms with E-state index < -0.39 is 5.41 Å². The van der Waals surface area contributed by atoms with Gasteiger partial charge in [-0.3, -0.25) is 0 Å². The van der Waals surface area contributed by atoms with Crippen LogP contribution < -0.4 is 14.5 Å². The molecule has 3 nitrogen and oxygen atoms in total. The van der Waals surface area contributed by atoms with Crippen molar-refractivity contribution in [3.8, 4) is 16.9 Å². The number of hydrogen-bond acceptors (Lipinski definition) is 3. The van der Waals surface area contributed by atoms with Gasteiger partial charge < -0.3 is 14.5 Å². The highest BCUT2D eigenvalue weighted by Crippen LogP contribution is 2.61. The number of nitrogens with zero attached hydrogens (tertiary/aromatic N) is 2. The first-order chi connectivity index (χ1) is 28.7. The number of hydrogen-bond donors (Lipinski definition) is 0. The monoisotopic (exact) mass is 744 g/mol. The van der Waals surface area contributed by atoms with E-state index in [0.717, 1.165) is 75.1 Å². The van der Waals surface area contributed by atoms with Gasteiger partial charge in [-0.05, 0) is 113 Å². The van der Waals surface area contributed by atoms with Crippen molar-refractivity contribution in [2.75, 3.05) is 9.80 Å². The van der Waals surface area contributed by atoms with Gasteiger partial charge >= 0.3 is 0 Å². The molecule has 0 aromatic heterocycles. The standard InChI is InChI=1S/C55H40N2O/c1-3-47-51(4-2)57(43-22-12-7-13-23-43)52-37-36-46(38-50(52)55(47)48-24-14-16-26-53(48)58-54-27-17-15-25-49(54)55)56(44-32-28-41(29-33-44)39-18-8-5-9-19-39)45-34-30-42(31-35-45)40-20-10-6-11-21-40/h3-14,16,18-30,32-34,36-38H,1-2,31,35H2. The summed E-state index contributed by atoms with van der Waals surface area (Å²) in [4.78, 5) is 4.75. The highest BCUT2D eigenvalue weighted by atomic mass is 16.5. The number of allylic oxidation sites excluding steroid dienone is 10. The predicted octanol–water partition coefficient (Wildman–Crippen LogP) is 13.8. The topological polar surface area (TPSA) is 15.7 Å². The molecular weight excluding hydrogens is 705 g/mol. The molecule has 276 valence electrons. The van der Waals surface area contributed by atoms with Crippen LogP contribution in [0.15, 0.2) is 247 Å². The molecule has 0 N–H and O–H groups in total. The Morgan fingerprint density at radius 2 is 1.26 bits per heavy atom. The van der Waals surface area contributed by atoms with Crippen LogP contribution in [0.3, 0.4) is 0 Å². The first kappa shape index (κ1) is 34.9. The Morgan fingerprint density at radius 3 is 1.97 bits per heavy atom. The fourth-order valence-corrected chi connectivity index (χ4v) is 9.14. The van der Waals surface area contributed by atoms with Gasteiger partial charge in [-0.15, -0.1) is 0 Å². The average molecular weight is 745 g/mol. The third-order valence-corrected chi connectivity index (χ3v) is 11.7. The van der Waals surface area contributed by atoms with E-state index in [-0.39, 0.29) is 0 Å². The van der Waals surface area contributed by atoms with E-state index in [9.17, 15) is 0 Å². The van der Waals surface area contributed by atoms with Gasteiger partial charge in [0.15, 0.2) is 0 Å². The van der Waals surface area contributed by atoms with Crippen molar-refractivity contribution in [1.29, 1.82) is 0 Å². The summed E-state index contributed by atoms with van der Waals surface area (Å²) in [6.45, 7) is 8.92. The third kappa shape index (κ3) is 5.61. The first-order valence-electron chi connectivity index (χ1n) is 19.8. The van der Waals surface area contributed by atoms with Crippen LogP contribution in [0.2, 0.25) is 0 Å². The molecule has 2 aliphatic heterocycles. The fourth-order valence-electron chi connectivity index (χ4n) is 9.14. The summed E-state index contributed by atoms with van der Waals surface area (Å²) in [6, 6.07) is 56.1. The molecule has 0 bridgehead atoms. The van der Waals surface area contributed by atoms with Gasteiger partial charge in [0.2, 0.25) is 0 Å². The second kappa shape index (κ2) is 14.5. The van der Waals surface area contributed by atoms with Crippen LogP contribution in [0.4, 0.5) is 22.7 Å². The van der Waals surface area contributed by atoms with Gasteiger partial charge in [-0.1, -0.05) is 146 Å². The molecule has 1 unspecified atom stereocenters. The van der Waals surface area contributed by atoms with Crippen molar-refractivity contribution >= 4 is 28.3 Å². The molecule has 58 heavy (non-hydrogen) atoms. The normalized spacial score (nSPS) is 17.5. The minimum absolute atomic E-state index is 0.742. The molecule has 2 aliphatic carbocycles. The van der Waals surface area contributed by atoms with E-state index >= 15 is 0 Å². The van der Waals surface area contributed by atoms with Crippen molar-refractivity contribution in [3.05, 3.63) is 264 Å². The lowest BCUT2D eigenvalue weighted by molar-refractivity contribution is 0.400. The number of para-hydroxylation sites is 2. The Hall–Kier alpha value is -7.54. The summed E-state index contributed by atoms with van der Waals surface area (Å²) in [5.74, 6) is 1.54. The summed E-state index contributed by atoms with van der Waals surface area (Å²) in [7, 11) is 0. The minimum Gasteiger partial charge on any atom is -0.456 e. The molecule has 2 heterocycles. The summed E-state index contributed by atoms with van der Waals surface area (Å²) in [5.41, 5.74) is 21.2. The Kier molecular flexibility index (Phi) is 8.74. The molecule has 4 aliphatic rings. The number of benzene rings is 6. The highest BCUT2D eigenvalue weighted by molar-refractivity contribution is 5.88. The quantitative estimate of drug-likeness (QED) is 0.144. The van der Waals surface area contributed by atoms with Crippen LogP contribution in [-0.4, -0.2) is 0 Å². The van der Waals surface area contributed by atoms with Gasteiger partial charge in [0.05, 0.1) is 16.8 Å². The number of ether oxygens (including phenoxy) is 1. The lowest BCUT2D eigenvalue weighted by Crippen LogP contribution is -2.42. The Morgan fingerprint density at radius 1 is 0.603 bits per heavy atom. The minimum atomic E-state index is -0.818. The van der Waals surface area contributed by atoms with E-state index in [1.54, 1.807) is 0 Å². The zero-order valence-corrected chi connectivity index (χ0v) is 32.1. The molecule has 1 atom stereocenters. The predicted molar refractivity (Wildman–Crippen MR) is 239 cm³/mol. The number of rotatable bonds is 8. The zero-order chi connectivity index (χ0) is 39.1. The van der Waals surface area contributed by atoms with Gasteiger partial charge in [-0.2, -0.15) is 0 Å². The van der Waals surface area contributed by atoms with Crippen LogP contribution >= 0.6 is 0 Å². The summed E-state index contributed by atoms with van der Waals surface area (Å²) < 4.78 is 6.66. The van der Waals surface area contributed by atoms with E-state index in [2.05, 4.69) is 198 Å². The maximum absolute atomic E-state index is 6.66.